The Kier molecular flexibility index (Phi) is 6.84. The Hall–Kier alpha value is -2.91. The van der Waals surface area contributed by atoms with Crippen molar-refractivity contribution >= 4 is 40.6 Å². The molecule has 10 heteroatoms. The van der Waals surface area contributed by atoms with Crippen LogP contribution in [0.25, 0.3) is 0 Å². The Labute approximate surface area is 176 Å². The number of carbonyl (C=O) groups excluding carboxylic acids is 1. The molecule has 8 nitrogen and oxygen atoms in total. The number of nitrogens with zero attached hydrogens (tertiary/aromatic N) is 4. The van der Waals surface area contributed by atoms with E-state index in [1.54, 1.807) is 0 Å². The number of benzene rings is 2. The highest BCUT2D eigenvalue weighted by molar-refractivity contribution is 7.99. The largest absolute Gasteiger partial charge is 0.320 e. The van der Waals surface area contributed by atoms with Crippen LogP contribution in [-0.2, 0) is 17.8 Å². The molecule has 29 heavy (non-hydrogen) atoms. The lowest BCUT2D eigenvalue weighted by atomic mass is 10.1. The van der Waals surface area contributed by atoms with Crippen LogP contribution in [0.15, 0.2) is 53.7 Å². The molecule has 2 aromatic carbocycles. The van der Waals surface area contributed by atoms with Gasteiger partial charge in [-0.1, -0.05) is 53.7 Å². The van der Waals surface area contributed by atoms with Crippen molar-refractivity contribution in [3.8, 4) is 0 Å². The Morgan fingerprint density at radius 3 is 2.69 bits per heavy atom. The standard InChI is InChI=1S/C19H18ClN5O3S/c1-2-24-17(10-13-6-4-3-5-7-13)22-23-19(24)29-12-18(26)21-15-9-8-14(20)11-16(15)25(27)28/h3-9,11H,2,10,12H2,1H3,(H,21,26). The maximum atomic E-state index is 12.3. The summed E-state index contributed by atoms with van der Waals surface area (Å²) in [5.74, 6) is 0.481. The molecule has 0 atom stereocenters. The third kappa shape index (κ3) is 5.33. The van der Waals surface area contributed by atoms with Gasteiger partial charge in [0.25, 0.3) is 5.69 Å². The molecule has 0 bridgehead atoms. The van der Waals surface area contributed by atoms with E-state index in [0.29, 0.717) is 18.1 Å². The second-order valence-corrected chi connectivity index (χ2v) is 7.44. The predicted molar refractivity (Wildman–Crippen MR) is 112 cm³/mol. The summed E-state index contributed by atoms with van der Waals surface area (Å²) in [6.45, 7) is 2.65. The van der Waals surface area contributed by atoms with Crippen LogP contribution >= 0.6 is 23.4 Å². The van der Waals surface area contributed by atoms with Crippen molar-refractivity contribution in [2.45, 2.75) is 25.0 Å². The van der Waals surface area contributed by atoms with E-state index >= 15 is 0 Å². The third-order valence-electron chi connectivity index (χ3n) is 4.08. The average Bonchev–Trinajstić information content (AvgIpc) is 3.09. The van der Waals surface area contributed by atoms with Crippen molar-refractivity contribution in [1.82, 2.24) is 14.8 Å². The fourth-order valence-corrected chi connectivity index (χ4v) is 3.72. The molecule has 0 unspecified atom stereocenters. The number of hydrogen-bond donors (Lipinski definition) is 1. The normalized spacial score (nSPS) is 10.7. The molecule has 0 aliphatic heterocycles. The first-order valence-electron chi connectivity index (χ1n) is 8.80. The Bertz CT molecular complexity index is 1030. The van der Waals surface area contributed by atoms with Crippen LogP contribution in [0.5, 0.6) is 0 Å². The molecule has 1 N–H and O–H groups in total. The van der Waals surface area contributed by atoms with Crippen molar-refractivity contribution < 1.29 is 9.72 Å². The van der Waals surface area contributed by atoms with E-state index in [0.717, 1.165) is 11.4 Å². The van der Waals surface area contributed by atoms with Crippen LogP contribution < -0.4 is 5.32 Å². The molecule has 1 aromatic heterocycles. The molecule has 0 fully saturated rings. The molecule has 0 saturated heterocycles. The van der Waals surface area contributed by atoms with Crippen LogP contribution in [-0.4, -0.2) is 31.3 Å². The lowest BCUT2D eigenvalue weighted by molar-refractivity contribution is -0.383. The van der Waals surface area contributed by atoms with E-state index in [4.69, 9.17) is 11.6 Å². The minimum Gasteiger partial charge on any atom is -0.320 e. The molecule has 3 rings (SSSR count). The van der Waals surface area contributed by atoms with Crippen molar-refractivity contribution in [2.24, 2.45) is 0 Å². The van der Waals surface area contributed by atoms with Crippen molar-refractivity contribution in [3.63, 3.8) is 0 Å². The molecule has 0 aliphatic carbocycles. The van der Waals surface area contributed by atoms with Gasteiger partial charge in [-0.25, -0.2) is 0 Å². The summed E-state index contributed by atoms with van der Waals surface area (Å²) in [6.07, 6.45) is 0.644. The summed E-state index contributed by atoms with van der Waals surface area (Å²) in [5.41, 5.74) is 0.975. The highest BCUT2D eigenvalue weighted by Gasteiger charge is 2.18. The summed E-state index contributed by atoms with van der Waals surface area (Å²) in [7, 11) is 0. The van der Waals surface area contributed by atoms with E-state index in [-0.39, 0.29) is 28.1 Å². The van der Waals surface area contributed by atoms with Crippen molar-refractivity contribution in [2.75, 3.05) is 11.1 Å². The second-order valence-electron chi connectivity index (χ2n) is 6.06. The van der Waals surface area contributed by atoms with Gasteiger partial charge in [0.15, 0.2) is 5.16 Å². The zero-order valence-corrected chi connectivity index (χ0v) is 17.1. The number of nitro benzene ring substituents is 1. The second kappa shape index (κ2) is 9.53. The summed E-state index contributed by atoms with van der Waals surface area (Å²) in [4.78, 5) is 22.9. The summed E-state index contributed by atoms with van der Waals surface area (Å²) >= 11 is 7.02. The summed E-state index contributed by atoms with van der Waals surface area (Å²) < 4.78 is 1.95. The predicted octanol–water partition coefficient (Wildman–Crippen LogP) is 4.18. The minimum atomic E-state index is -0.585. The van der Waals surface area contributed by atoms with Gasteiger partial charge in [0.2, 0.25) is 5.91 Å². The van der Waals surface area contributed by atoms with Crippen LogP contribution in [0.1, 0.15) is 18.3 Å². The fourth-order valence-electron chi connectivity index (χ4n) is 2.73. The summed E-state index contributed by atoms with van der Waals surface area (Å²) in [6, 6.07) is 14.0. The number of rotatable bonds is 8. The molecule has 1 amide bonds. The van der Waals surface area contributed by atoms with Crippen LogP contribution in [0.2, 0.25) is 5.02 Å². The first-order chi connectivity index (χ1) is 14.0. The lowest BCUT2D eigenvalue weighted by Crippen LogP contribution is -2.15. The number of thioether (sulfide) groups is 1. The molecule has 0 radical (unpaired) electrons. The molecule has 0 spiro atoms. The quantitative estimate of drug-likeness (QED) is 0.326. The Balaban J connectivity index is 1.66. The van der Waals surface area contributed by atoms with Gasteiger partial charge in [-0.05, 0) is 24.6 Å². The number of carbonyl (C=O) groups is 1. The third-order valence-corrected chi connectivity index (χ3v) is 5.28. The number of anilines is 1. The molecule has 0 saturated carbocycles. The molecular weight excluding hydrogens is 414 g/mol. The van der Waals surface area contributed by atoms with Crippen LogP contribution in [0, 0.1) is 10.1 Å². The van der Waals surface area contributed by atoms with Gasteiger partial charge in [-0.15, -0.1) is 10.2 Å². The number of amides is 1. The lowest BCUT2D eigenvalue weighted by Gasteiger charge is -2.08. The highest BCUT2D eigenvalue weighted by atomic mass is 35.5. The molecule has 0 aliphatic rings. The van der Waals surface area contributed by atoms with Gasteiger partial charge >= 0.3 is 0 Å². The number of halogens is 1. The highest BCUT2D eigenvalue weighted by Crippen LogP contribution is 2.28. The summed E-state index contributed by atoms with van der Waals surface area (Å²) in [5, 5.41) is 23.0. The molecular formula is C19H18ClN5O3S. The van der Waals surface area contributed by atoms with Gasteiger partial charge in [0.05, 0.1) is 10.7 Å². The van der Waals surface area contributed by atoms with E-state index in [1.807, 2.05) is 41.8 Å². The first-order valence-corrected chi connectivity index (χ1v) is 10.2. The van der Waals surface area contributed by atoms with Crippen LogP contribution in [0.3, 0.4) is 0 Å². The van der Waals surface area contributed by atoms with Gasteiger partial charge in [-0.2, -0.15) is 0 Å². The van der Waals surface area contributed by atoms with E-state index in [2.05, 4.69) is 15.5 Å². The molecule has 1 heterocycles. The average molecular weight is 432 g/mol. The Morgan fingerprint density at radius 2 is 2.00 bits per heavy atom. The minimum absolute atomic E-state index is 0.0449. The first kappa shape index (κ1) is 20.8. The number of aromatic nitrogens is 3. The van der Waals surface area contributed by atoms with Crippen LogP contribution in [0.4, 0.5) is 11.4 Å². The zero-order valence-electron chi connectivity index (χ0n) is 15.5. The van der Waals surface area contributed by atoms with Gasteiger partial charge < -0.3 is 9.88 Å². The number of nitrogens with one attached hydrogen (secondary N) is 1. The smallest absolute Gasteiger partial charge is 0.294 e. The molecule has 3 aromatic rings. The van der Waals surface area contributed by atoms with E-state index < -0.39 is 4.92 Å². The maximum absolute atomic E-state index is 12.3. The van der Waals surface area contributed by atoms with Gasteiger partial charge in [-0.3, -0.25) is 14.9 Å². The fraction of sp³-hybridized carbons (Fsp3) is 0.211. The van der Waals surface area contributed by atoms with E-state index in [9.17, 15) is 14.9 Å². The topological polar surface area (TPSA) is 103 Å². The van der Waals surface area contributed by atoms with Gasteiger partial charge in [0, 0.05) is 24.1 Å². The van der Waals surface area contributed by atoms with E-state index in [1.165, 1.54) is 30.0 Å². The monoisotopic (exact) mass is 431 g/mol. The molecule has 150 valence electrons. The van der Waals surface area contributed by atoms with Crippen molar-refractivity contribution in [1.29, 1.82) is 0 Å². The van der Waals surface area contributed by atoms with Crippen molar-refractivity contribution in [3.05, 3.63) is 75.1 Å². The maximum Gasteiger partial charge on any atom is 0.294 e. The van der Waals surface area contributed by atoms with Gasteiger partial charge in [0.1, 0.15) is 11.5 Å². The Morgan fingerprint density at radius 1 is 1.24 bits per heavy atom. The number of nitro groups is 1. The number of hydrogen-bond acceptors (Lipinski definition) is 6. The zero-order chi connectivity index (χ0) is 20.8. The SMILES string of the molecule is CCn1c(Cc2ccccc2)nnc1SCC(=O)Nc1ccc(Cl)cc1[N+](=O)[O-].